The van der Waals surface area contributed by atoms with Crippen LogP contribution in [0.2, 0.25) is 0 Å². The maximum atomic E-state index is 11.4. The molecule has 5 nitrogen and oxygen atoms in total. The first-order valence-electron chi connectivity index (χ1n) is 5.13. The van der Waals surface area contributed by atoms with Gasteiger partial charge in [-0.2, -0.15) is 0 Å². The van der Waals surface area contributed by atoms with Crippen molar-refractivity contribution in [3.05, 3.63) is 36.3 Å². The number of aromatic nitrogens is 2. The maximum absolute atomic E-state index is 11.4. The Kier molecular flexibility index (Phi) is 3.16. The minimum atomic E-state index is -0.190. The van der Waals surface area contributed by atoms with E-state index in [2.05, 4.69) is 10.5 Å². The molecule has 2 aromatic rings. The quantitative estimate of drug-likeness (QED) is 0.779. The number of amides is 1. The van der Waals surface area contributed by atoms with E-state index in [1.165, 1.54) is 0 Å². The van der Waals surface area contributed by atoms with Crippen LogP contribution in [0.4, 0.5) is 0 Å². The summed E-state index contributed by atoms with van der Waals surface area (Å²) >= 11 is 0. The van der Waals surface area contributed by atoms with Crippen LogP contribution >= 0.6 is 0 Å². The molecule has 84 valence electrons. The molecular formula is C11H13N3O2. The van der Waals surface area contributed by atoms with E-state index in [-0.39, 0.29) is 12.3 Å². The molecule has 0 saturated carbocycles. The van der Waals surface area contributed by atoms with E-state index in [0.717, 1.165) is 11.3 Å². The molecule has 0 aromatic carbocycles. The molecule has 0 unspecified atom stereocenters. The number of hydrogen-bond acceptors (Lipinski definition) is 3. The Labute approximate surface area is 93.0 Å². The van der Waals surface area contributed by atoms with Crippen molar-refractivity contribution in [2.45, 2.75) is 13.3 Å². The molecule has 1 amide bonds. The van der Waals surface area contributed by atoms with Crippen molar-refractivity contribution in [3.8, 4) is 0 Å². The minimum absolute atomic E-state index is 0.190. The summed E-state index contributed by atoms with van der Waals surface area (Å²) in [6, 6.07) is 5.72. The van der Waals surface area contributed by atoms with Gasteiger partial charge in [0.15, 0.2) is 0 Å². The lowest BCUT2D eigenvalue weighted by Gasteiger charge is -2.00. The van der Waals surface area contributed by atoms with Crippen molar-refractivity contribution < 1.29 is 9.63 Å². The molecule has 0 bridgehead atoms. The van der Waals surface area contributed by atoms with E-state index in [0.29, 0.717) is 6.61 Å². The first-order chi connectivity index (χ1) is 7.79. The zero-order valence-electron chi connectivity index (χ0n) is 9.01. The molecular weight excluding hydrogens is 206 g/mol. The van der Waals surface area contributed by atoms with Crippen LogP contribution < -0.4 is 5.48 Å². The molecule has 0 saturated heterocycles. The lowest BCUT2D eigenvalue weighted by Crippen LogP contribution is -2.25. The van der Waals surface area contributed by atoms with Gasteiger partial charge in [0.1, 0.15) is 5.65 Å². The third-order valence-corrected chi connectivity index (χ3v) is 2.09. The Bertz CT molecular complexity index is 460. The van der Waals surface area contributed by atoms with Gasteiger partial charge in [-0.1, -0.05) is 6.07 Å². The summed E-state index contributed by atoms with van der Waals surface area (Å²) in [6.45, 7) is 2.27. The van der Waals surface area contributed by atoms with E-state index in [1.807, 2.05) is 41.9 Å². The van der Waals surface area contributed by atoms with Gasteiger partial charge in [-0.15, -0.1) is 0 Å². The average molecular weight is 219 g/mol. The SMILES string of the molecule is CCONC(=O)Cc1cn2ccccc2n1. The highest BCUT2D eigenvalue weighted by Crippen LogP contribution is 2.04. The van der Waals surface area contributed by atoms with Gasteiger partial charge in [0.05, 0.1) is 18.7 Å². The summed E-state index contributed by atoms with van der Waals surface area (Å²) in [5.74, 6) is -0.190. The molecule has 0 aliphatic carbocycles. The molecule has 0 spiro atoms. The van der Waals surface area contributed by atoms with Crippen molar-refractivity contribution >= 4 is 11.6 Å². The molecule has 0 radical (unpaired) electrons. The van der Waals surface area contributed by atoms with Gasteiger partial charge in [-0.25, -0.2) is 10.5 Å². The maximum Gasteiger partial charge on any atom is 0.249 e. The van der Waals surface area contributed by atoms with Crippen molar-refractivity contribution in [2.24, 2.45) is 0 Å². The van der Waals surface area contributed by atoms with Crippen LogP contribution in [0.3, 0.4) is 0 Å². The summed E-state index contributed by atoms with van der Waals surface area (Å²) in [6.07, 6.45) is 3.95. The molecule has 16 heavy (non-hydrogen) atoms. The number of hydroxylamine groups is 1. The molecule has 0 fully saturated rings. The second kappa shape index (κ2) is 4.76. The summed E-state index contributed by atoms with van der Waals surface area (Å²) in [7, 11) is 0. The van der Waals surface area contributed by atoms with Crippen LogP contribution in [0, 0.1) is 0 Å². The molecule has 2 heterocycles. The Morgan fingerprint density at radius 2 is 2.44 bits per heavy atom. The molecule has 0 atom stereocenters. The Balaban J connectivity index is 2.07. The molecule has 0 aliphatic heterocycles. The van der Waals surface area contributed by atoms with E-state index >= 15 is 0 Å². The first-order valence-corrected chi connectivity index (χ1v) is 5.13. The first kappa shape index (κ1) is 10.6. The fourth-order valence-corrected chi connectivity index (χ4v) is 1.43. The van der Waals surface area contributed by atoms with Crippen LogP contribution in [0.1, 0.15) is 12.6 Å². The number of rotatable bonds is 4. The van der Waals surface area contributed by atoms with Gasteiger partial charge in [0.2, 0.25) is 5.91 Å². The second-order valence-electron chi connectivity index (χ2n) is 3.33. The lowest BCUT2D eigenvalue weighted by atomic mass is 10.3. The van der Waals surface area contributed by atoms with E-state index in [4.69, 9.17) is 4.84 Å². The van der Waals surface area contributed by atoms with Crippen molar-refractivity contribution in [3.63, 3.8) is 0 Å². The number of nitrogens with one attached hydrogen (secondary N) is 1. The van der Waals surface area contributed by atoms with Gasteiger partial charge in [-0.3, -0.25) is 9.63 Å². The summed E-state index contributed by atoms with van der Waals surface area (Å²) < 4.78 is 1.88. The van der Waals surface area contributed by atoms with Crippen molar-refractivity contribution in [1.82, 2.24) is 14.9 Å². The fraction of sp³-hybridized carbons (Fsp3) is 0.273. The van der Waals surface area contributed by atoms with Crippen LogP contribution in [-0.2, 0) is 16.1 Å². The van der Waals surface area contributed by atoms with Crippen LogP contribution in [0.25, 0.3) is 5.65 Å². The Morgan fingerprint density at radius 3 is 3.19 bits per heavy atom. The normalized spacial score (nSPS) is 10.6. The summed E-state index contributed by atoms with van der Waals surface area (Å²) in [5, 5.41) is 0. The number of carbonyl (C=O) groups is 1. The highest BCUT2D eigenvalue weighted by atomic mass is 16.6. The molecule has 1 N–H and O–H groups in total. The molecule has 5 heteroatoms. The fourth-order valence-electron chi connectivity index (χ4n) is 1.43. The lowest BCUT2D eigenvalue weighted by molar-refractivity contribution is -0.132. The second-order valence-corrected chi connectivity index (χ2v) is 3.33. The summed E-state index contributed by atoms with van der Waals surface area (Å²) in [4.78, 5) is 20.5. The zero-order valence-corrected chi connectivity index (χ0v) is 9.01. The van der Waals surface area contributed by atoms with E-state index < -0.39 is 0 Å². The average Bonchev–Trinajstić information content (AvgIpc) is 2.68. The number of hydrogen-bond donors (Lipinski definition) is 1. The van der Waals surface area contributed by atoms with Gasteiger partial charge < -0.3 is 4.40 Å². The van der Waals surface area contributed by atoms with Gasteiger partial charge >= 0.3 is 0 Å². The van der Waals surface area contributed by atoms with Crippen LogP contribution in [0.5, 0.6) is 0 Å². The van der Waals surface area contributed by atoms with E-state index in [1.54, 1.807) is 0 Å². The van der Waals surface area contributed by atoms with Gasteiger partial charge in [0.25, 0.3) is 0 Å². The summed E-state index contributed by atoms with van der Waals surface area (Å²) in [5.41, 5.74) is 3.90. The number of carbonyl (C=O) groups excluding carboxylic acids is 1. The number of pyridine rings is 1. The molecule has 2 aromatic heterocycles. The topological polar surface area (TPSA) is 55.6 Å². The highest BCUT2D eigenvalue weighted by molar-refractivity contribution is 5.77. The number of nitrogens with zero attached hydrogens (tertiary/aromatic N) is 2. The largest absolute Gasteiger partial charge is 0.307 e. The smallest absolute Gasteiger partial charge is 0.249 e. The third kappa shape index (κ3) is 2.38. The standard InChI is InChI=1S/C11H13N3O2/c1-2-16-13-11(15)7-9-8-14-6-4-3-5-10(14)12-9/h3-6,8H,2,7H2,1H3,(H,13,15). The predicted molar refractivity (Wildman–Crippen MR) is 58.7 cm³/mol. The molecule has 2 rings (SSSR count). The van der Waals surface area contributed by atoms with Gasteiger partial charge in [-0.05, 0) is 19.1 Å². The van der Waals surface area contributed by atoms with Crippen molar-refractivity contribution in [1.29, 1.82) is 0 Å². The van der Waals surface area contributed by atoms with Crippen molar-refractivity contribution in [2.75, 3.05) is 6.61 Å². The predicted octanol–water partition coefficient (Wildman–Crippen LogP) is 0.944. The highest BCUT2D eigenvalue weighted by Gasteiger charge is 2.06. The monoisotopic (exact) mass is 219 g/mol. The van der Waals surface area contributed by atoms with Crippen LogP contribution in [-0.4, -0.2) is 21.9 Å². The Morgan fingerprint density at radius 1 is 1.56 bits per heavy atom. The molecule has 0 aliphatic rings. The van der Waals surface area contributed by atoms with Crippen LogP contribution in [0.15, 0.2) is 30.6 Å². The minimum Gasteiger partial charge on any atom is -0.307 e. The van der Waals surface area contributed by atoms with E-state index in [9.17, 15) is 4.79 Å². The number of fused-ring (bicyclic) bond motifs is 1. The zero-order chi connectivity index (χ0) is 11.4. The number of imidazole rings is 1. The Hall–Kier alpha value is -1.88. The third-order valence-electron chi connectivity index (χ3n) is 2.09. The van der Waals surface area contributed by atoms with Gasteiger partial charge in [0, 0.05) is 12.4 Å².